The Morgan fingerprint density at radius 3 is 2.59 bits per heavy atom. The molecule has 0 aliphatic carbocycles. The van der Waals surface area contributed by atoms with Crippen molar-refractivity contribution in [3.05, 3.63) is 46.8 Å². The van der Waals surface area contributed by atoms with Gasteiger partial charge in [0.2, 0.25) is 0 Å². The topological polar surface area (TPSA) is 98.8 Å². The van der Waals surface area contributed by atoms with Gasteiger partial charge in [-0.05, 0) is 41.4 Å². The highest BCUT2D eigenvalue weighted by molar-refractivity contribution is 9.10. The van der Waals surface area contributed by atoms with Gasteiger partial charge in [0.1, 0.15) is 11.6 Å². The van der Waals surface area contributed by atoms with Gasteiger partial charge in [0, 0.05) is 38.1 Å². The molecule has 3 rings (SSSR count). The molecule has 2 atom stereocenters. The fourth-order valence-electron chi connectivity index (χ4n) is 2.81. The van der Waals surface area contributed by atoms with Crippen molar-refractivity contribution in [1.29, 1.82) is 0 Å². The third kappa shape index (κ3) is 4.94. The molecule has 2 unspecified atom stereocenters. The molecule has 3 heterocycles. The summed E-state index contributed by atoms with van der Waals surface area (Å²) in [6.07, 6.45) is 4.12. The van der Waals surface area contributed by atoms with Crippen LogP contribution >= 0.6 is 15.9 Å². The molecule has 0 fully saturated rings. The van der Waals surface area contributed by atoms with Crippen molar-refractivity contribution >= 4 is 33.2 Å². The number of aromatic nitrogens is 4. The predicted molar refractivity (Wildman–Crippen MR) is 108 cm³/mol. The van der Waals surface area contributed by atoms with E-state index in [1.54, 1.807) is 37.0 Å². The lowest BCUT2D eigenvalue weighted by molar-refractivity contribution is 0.178. The molecule has 0 saturated heterocycles. The van der Waals surface area contributed by atoms with Gasteiger partial charge < -0.3 is 20.4 Å². The van der Waals surface area contributed by atoms with Crippen LogP contribution in [0.2, 0.25) is 0 Å². The van der Waals surface area contributed by atoms with Gasteiger partial charge in [-0.1, -0.05) is 6.07 Å². The molecule has 0 spiro atoms. The van der Waals surface area contributed by atoms with Crippen molar-refractivity contribution in [2.75, 3.05) is 23.3 Å². The molecule has 144 valence electrons. The van der Waals surface area contributed by atoms with Gasteiger partial charge in [0.15, 0.2) is 5.65 Å². The van der Waals surface area contributed by atoms with E-state index in [2.05, 4.69) is 36.3 Å². The number of hydrogen-bond acceptors (Lipinski definition) is 7. The molecule has 3 N–H and O–H groups in total. The highest BCUT2D eigenvalue weighted by Gasteiger charge is 2.17. The van der Waals surface area contributed by atoms with Crippen LogP contribution in [0.5, 0.6) is 0 Å². The summed E-state index contributed by atoms with van der Waals surface area (Å²) in [4.78, 5) is 10.7. The lowest BCUT2D eigenvalue weighted by Gasteiger charge is -2.27. The number of aliphatic hydroxyl groups is 2. The predicted octanol–water partition coefficient (Wildman–Crippen LogP) is 2.07. The van der Waals surface area contributed by atoms with Crippen molar-refractivity contribution < 1.29 is 10.2 Å². The quantitative estimate of drug-likeness (QED) is 0.498. The second-order valence-corrected chi connectivity index (χ2v) is 7.40. The van der Waals surface area contributed by atoms with Gasteiger partial charge in [-0.15, -0.1) is 0 Å². The van der Waals surface area contributed by atoms with Gasteiger partial charge in [-0.25, -0.2) is 4.98 Å². The number of hydrogen-bond donors (Lipinski definition) is 3. The van der Waals surface area contributed by atoms with E-state index < -0.39 is 12.2 Å². The van der Waals surface area contributed by atoms with E-state index in [0.717, 1.165) is 15.9 Å². The molecule has 3 aromatic heterocycles. The molecule has 9 heteroatoms. The average Bonchev–Trinajstić information content (AvgIpc) is 3.00. The third-order valence-electron chi connectivity index (χ3n) is 3.90. The highest BCUT2D eigenvalue weighted by Crippen LogP contribution is 2.25. The van der Waals surface area contributed by atoms with Gasteiger partial charge in [0.05, 0.1) is 22.9 Å². The Morgan fingerprint density at radius 2 is 1.96 bits per heavy atom. The minimum absolute atomic E-state index is 0.363. The fourth-order valence-corrected chi connectivity index (χ4v) is 3.15. The standard InChI is InChI=1S/C18H23BrN6O2/c1-12(26)10-24(11-13(2)27)17-6-16(21-8-14-4-3-5-20-7-14)25-18(23-17)15(19)9-22-25/h3-7,9,12-13,21,26-27H,8,10-11H2,1-2H3. The van der Waals surface area contributed by atoms with Crippen LogP contribution in [-0.4, -0.2) is 55.1 Å². The van der Waals surface area contributed by atoms with Crippen LogP contribution in [0.3, 0.4) is 0 Å². The maximum Gasteiger partial charge on any atom is 0.173 e. The van der Waals surface area contributed by atoms with E-state index in [1.807, 2.05) is 23.1 Å². The molecule has 3 aromatic rings. The summed E-state index contributed by atoms with van der Waals surface area (Å²) in [5, 5.41) is 27.4. The Balaban J connectivity index is 1.96. The van der Waals surface area contributed by atoms with Gasteiger partial charge in [-0.2, -0.15) is 9.61 Å². The summed E-state index contributed by atoms with van der Waals surface area (Å²) in [6, 6.07) is 5.75. The third-order valence-corrected chi connectivity index (χ3v) is 4.46. The molecule has 0 amide bonds. The molecule has 0 saturated carbocycles. The fraction of sp³-hybridized carbons (Fsp3) is 0.389. The number of fused-ring (bicyclic) bond motifs is 1. The van der Waals surface area contributed by atoms with Crippen LogP contribution < -0.4 is 10.2 Å². The van der Waals surface area contributed by atoms with Gasteiger partial charge in [0.25, 0.3) is 0 Å². The monoisotopic (exact) mass is 434 g/mol. The Hall–Kier alpha value is -2.23. The lowest BCUT2D eigenvalue weighted by Crippen LogP contribution is -2.37. The smallest absolute Gasteiger partial charge is 0.173 e. The van der Waals surface area contributed by atoms with Crippen molar-refractivity contribution in [3.8, 4) is 0 Å². The van der Waals surface area contributed by atoms with Gasteiger partial charge in [-0.3, -0.25) is 4.98 Å². The normalized spacial score (nSPS) is 13.5. The molecular weight excluding hydrogens is 412 g/mol. The minimum atomic E-state index is -0.554. The van der Waals surface area contributed by atoms with E-state index in [1.165, 1.54) is 0 Å². The van der Waals surface area contributed by atoms with E-state index in [-0.39, 0.29) is 0 Å². The van der Waals surface area contributed by atoms with E-state index in [0.29, 0.717) is 31.1 Å². The van der Waals surface area contributed by atoms with Crippen LogP contribution in [0.4, 0.5) is 11.6 Å². The van der Waals surface area contributed by atoms with Crippen molar-refractivity contribution in [2.45, 2.75) is 32.6 Å². The maximum atomic E-state index is 9.85. The molecule has 8 nitrogen and oxygen atoms in total. The van der Waals surface area contributed by atoms with E-state index in [4.69, 9.17) is 0 Å². The molecule has 0 radical (unpaired) electrons. The lowest BCUT2D eigenvalue weighted by atomic mass is 10.3. The number of rotatable bonds is 8. The SMILES string of the molecule is CC(O)CN(CC(C)O)c1cc(NCc2cccnc2)n2ncc(Br)c2n1. The van der Waals surface area contributed by atoms with E-state index >= 15 is 0 Å². The summed E-state index contributed by atoms with van der Waals surface area (Å²) in [5.41, 5.74) is 1.70. The first-order chi connectivity index (χ1) is 12.9. The summed E-state index contributed by atoms with van der Waals surface area (Å²) < 4.78 is 2.48. The second kappa shape index (κ2) is 8.64. The van der Waals surface area contributed by atoms with Crippen LogP contribution in [0.1, 0.15) is 19.4 Å². The number of nitrogens with zero attached hydrogens (tertiary/aromatic N) is 5. The first-order valence-corrected chi connectivity index (χ1v) is 9.51. The zero-order valence-electron chi connectivity index (χ0n) is 15.2. The minimum Gasteiger partial charge on any atom is -0.392 e. The van der Waals surface area contributed by atoms with Crippen molar-refractivity contribution in [2.24, 2.45) is 0 Å². The molecule has 0 aliphatic rings. The van der Waals surface area contributed by atoms with E-state index in [9.17, 15) is 10.2 Å². The Labute approximate surface area is 166 Å². The van der Waals surface area contributed by atoms with Crippen LogP contribution in [-0.2, 0) is 6.54 Å². The zero-order chi connectivity index (χ0) is 19.4. The van der Waals surface area contributed by atoms with Crippen LogP contribution in [0.25, 0.3) is 5.65 Å². The molecule has 0 bridgehead atoms. The zero-order valence-corrected chi connectivity index (χ0v) is 16.8. The second-order valence-electron chi connectivity index (χ2n) is 6.55. The average molecular weight is 435 g/mol. The Morgan fingerprint density at radius 1 is 1.22 bits per heavy atom. The molecule has 0 aliphatic heterocycles. The largest absolute Gasteiger partial charge is 0.392 e. The summed E-state index contributed by atoms with van der Waals surface area (Å²) in [6.45, 7) is 4.73. The number of pyridine rings is 1. The van der Waals surface area contributed by atoms with Crippen molar-refractivity contribution in [3.63, 3.8) is 0 Å². The summed E-state index contributed by atoms with van der Waals surface area (Å²) in [7, 11) is 0. The first-order valence-electron chi connectivity index (χ1n) is 8.72. The van der Waals surface area contributed by atoms with Crippen LogP contribution in [0.15, 0.2) is 41.3 Å². The molecule has 27 heavy (non-hydrogen) atoms. The summed E-state index contributed by atoms with van der Waals surface area (Å²) >= 11 is 3.48. The maximum absolute atomic E-state index is 9.85. The van der Waals surface area contributed by atoms with Crippen LogP contribution in [0, 0.1) is 0 Å². The van der Waals surface area contributed by atoms with Gasteiger partial charge >= 0.3 is 0 Å². The molecule has 0 aromatic carbocycles. The van der Waals surface area contributed by atoms with Crippen molar-refractivity contribution in [1.82, 2.24) is 19.6 Å². The number of nitrogens with one attached hydrogen (secondary N) is 1. The molecular formula is C18H23BrN6O2. The number of halogens is 1. The number of anilines is 2. The Bertz CT molecular complexity index is 874. The highest BCUT2D eigenvalue weighted by atomic mass is 79.9. The Kier molecular flexibility index (Phi) is 6.25. The summed E-state index contributed by atoms with van der Waals surface area (Å²) in [5.74, 6) is 1.41. The number of aliphatic hydroxyl groups excluding tert-OH is 2. The first kappa shape index (κ1) is 19.5.